The molecule has 1 aromatic heterocycles. The molecule has 0 aliphatic carbocycles. The van der Waals surface area contributed by atoms with Gasteiger partial charge in [-0.3, -0.25) is 0 Å². The maximum absolute atomic E-state index is 10.8. The molecule has 0 bridgehead atoms. The summed E-state index contributed by atoms with van der Waals surface area (Å²) in [7, 11) is 0. The number of ether oxygens (including phenoxy) is 1. The van der Waals surface area contributed by atoms with Gasteiger partial charge in [-0.25, -0.2) is 9.78 Å². The van der Waals surface area contributed by atoms with Crippen molar-refractivity contribution in [3.8, 4) is 11.6 Å². The van der Waals surface area contributed by atoms with Gasteiger partial charge in [-0.2, -0.15) is 0 Å². The summed E-state index contributed by atoms with van der Waals surface area (Å²) in [4.78, 5) is 14.9. The standard InChI is InChI=1S/C13H10ClNO3/c1-8-11(13(16)17)6-7-12(15-8)18-10-4-2-9(14)3-5-10/h2-7H,1H3,(H,16,17). The first kappa shape index (κ1) is 12.4. The topological polar surface area (TPSA) is 59.4 Å². The lowest BCUT2D eigenvalue weighted by atomic mass is 10.2. The van der Waals surface area contributed by atoms with E-state index in [-0.39, 0.29) is 5.56 Å². The Morgan fingerprint density at radius 1 is 1.22 bits per heavy atom. The number of carboxylic acids is 1. The van der Waals surface area contributed by atoms with Crippen LogP contribution in [0.4, 0.5) is 0 Å². The Hall–Kier alpha value is -2.07. The second-order valence-electron chi connectivity index (χ2n) is 3.64. The van der Waals surface area contributed by atoms with Gasteiger partial charge in [0.15, 0.2) is 0 Å². The molecular weight excluding hydrogens is 254 g/mol. The first-order valence-electron chi connectivity index (χ1n) is 5.20. The van der Waals surface area contributed by atoms with Gasteiger partial charge in [-0.15, -0.1) is 0 Å². The van der Waals surface area contributed by atoms with E-state index in [9.17, 15) is 4.79 Å². The van der Waals surface area contributed by atoms with E-state index >= 15 is 0 Å². The van der Waals surface area contributed by atoms with Crippen molar-refractivity contribution in [3.05, 3.63) is 52.7 Å². The molecule has 0 unspecified atom stereocenters. The first-order chi connectivity index (χ1) is 8.56. The SMILES string of the molecule is Cc1nc(Oc2ccc(Cl)cc2)ccc1C(=O)O. The largest absolute Gasteiger partial charge is 0.478 e. The third kappa shape index (κ3) is 2.78. The number of hydrogen-bond acceptors (Lipinski definition) is 3. The van der Waals surface area contributed by atoms with Crippen LogP contribution in [0, 0.1) is 6.92 Å². The van der Waals surface area contributed by atoms with Gasteiger partial charge in [0.05, 0.1) is 11.3 Å². The number of aromatic carboxylic acids is 1. The molecule has 0 atom stereocenters. The molecule has 0 saturated carbocycles. The van der Waals surface area contributed by atoms with Crippen molar-refractivity contribution in [2.24, 2.45) is 0 Å². The summed E-state index contributed by atoms with van der Waals surface area (Å²) >= 11 is 5.76. The molecule has 92 valence electrons. The number of nitrogens with zero attached hydrogens (tertiary/aromatic N) is 1. The molecule has 2 rings (SSSR count). The fraction of sp³-hybridized carbons (Fsp3) is 0.0769. The molecule has 0 amide bonds. The maximum atomic E-state index is 10.8. The smallest absolute Gasteiger partial charge is 0.337 e. The Labute approximate surface area is 109 Å². The summed E-state index contributed by atoms with van der Waals surface area (Å²) in [5.74, 6) is -0.0627. The summed E-state index contributed by atoms with van der Waals surface area (Å²) in [6.45, 7) is 1.62. The van der Waals surface area contributed by atoms with E-state index in [4.69, 9.17) is 21.4 Å². The average Bonchev–Trinajstić information content (AvgIpc) is 2.32. The fourth-order valence-electron chi connectivity index (χ4n) is 1.44. The highest BCUT2D eigenvalue weighted by Crippen LogP contribution is 2.22. The number of benzene rings is 1. The number of carbonyl (C=O) groups is 1. The molecule has 5 heteroatoms. The highest BCUT2D eigenvalue weighted by atomic mass is 35.5. The van der Waals surface area contributed by atoms with Crippen LogP contribution < -0.4 is 4.74 Å². The third-order valence-electron chi connectivity index (χ3n) is 2.33. The van der Waals surface area contributed by atoms with Crippen molar-refractivity contribution in [2.75, 3.05) is 0 Å². The van der Waals surface area contributed by atoms with E-state index in [1.807, 2.05) is 0 Å². The van der Waals surface area contributed by atoms with E-state index in [1.54, 1.807) is 31.2 Å². The van der Waals surface area contributed by atoms with Gasteiger partial charge in [-0.05, 0) is 37.3 Å². The zero-order valence-electron chi connectivity index (χ0n) is 9.55. The highest BCUT2D eigenvalue weighted by Gasteiger charge is 2.09. The van der Waals surface area contributed by atoms with Crippen molar-refractivity contribution >= 4 is 17.6 Å². The van der Waals surface area contributed by atoms with Gasteiger partial charge < -0.3 is 9.84 Å². The Kier molecular flexibility index (Phi) is 3.48. The molecular formula is C13H10ClNO3. The van der Waals surface area contributed by atoms with Crippen LogP contribution in [0.2, 0.25) is 5.02 Å². The average molecular weight is 264 g/mol. The second kappa shape index (κ2) is 5.06. The van der Waals surface area contributed by atoms with Crippen molar-refractivity contribution in [1.29, 1.82) is 0 Å². The first-order valence-corrected chi connectivity index (χ1v) is 5.58. The van der Waals surface area contributed by atoms with Crippen LogP contribution >= 0.6 is 11.6 Å². The normalized spacial score (nSPS) is 10.1. The molecule has 0 aliphatic heterocycles. The van der Waals surface area contributed by atoms with Crippen molar-refractivity contribution in [1.82, 2.24) is 4.98 Å². The monoisotopic (exact) mass is 263 g/mol. The molecule has 0 radical (unpaired) electrons. The molecule has 0 spiro atoms. The highest BCUT2D eigenvalue weighted by molar-refractivity contribution is 6.30. The van der Waals surface area contributed by atoms with Crippen LogP contribution in [0.3, 0.4) is 0 Å². The Balaban J connectivity index is 2.22. The van der Waals surface area contributed by atoms with E-state index in [0.717, 1.165) is 0 Å². The van der Waals surface area contributed by atoms with Crippen LogP contribution in [0.1, 0.15) is 16.1 Å². The summed E-state index contributed by atoms with van der Waals surface area (Å²) in [5.41, 5.74) is 0.576. The number of aromatic nitrogens is 1. The van der Waals surface area contributed by atoms with Crippen LogP contribution in [0.15, 0.2) is 36.4 Å². The molecule has 18 heavy (non-hydrogen) atoms. The lowest BCUT2D eigenvalue weighted by molar-refractivity contribution is 0.0695. The summed E-state index contributed by atoms with van der Waals surface area (Å²) in [5, 5.41) is 9.50. The minimum atomic E-state index is -1.00. The third-order valence-corrected chi connectivity index (χ3v) is 2.58. The predicted octanol–water partition coefficient (Wildman–Crippen LogP) is 3.53. The lowest BCUT2D eigenvalue weighted by Gasteiger charge is -2.06. The second-order valence-corrected chi connectivity index (χ2v) is 4.08. The molecule has 1 N–H and O–H groups in total. The Morgan fingerprint density at radius 2 is 1.89 bits per heavy atom. The van der Waals surface area contributed by atoms with Gasteiger partial charge in [0.25, 0.3) is 0 Å². The van der Waals surface area contributed by atoms with Gasteiger partial charge >= 0.3 is 5.97 Å². The molecule has 1 heterocycles. The zero-order valence-corrected chi connectivity index (χ0v) is 10.3. The maximum Gasteiger partial charge on any atom is 0.337 e. The van der Waals surface area contributed by atoms with Crippen LogP contribution in [0.25, 0.3) is 0 Å². The number of rotatable bonds is 3. The minimum Gasteiger partial charge on any atom is -0.478 e. The summed E-state index contributed by atoms with van der Waals surface area (Å²) in [6.07, 6.45) is 0. The quantitative estimate of drug-likeness (QED) is 0.920. The van der Waals surface area contributed by atoms with Crippen molar-refractivity contribution in [3.63, 3.8) is 0 Å². The molecule has 0 aliphatic rings. The Morgan fingerprint density at radius 3 is 2.44 bits per heavy atom. The molecule has 0 fully saturated rings. The molecule has 2 aromatic rings. The van der Waals surface area contributed by atoms with Gasteiger partial charge in [0.1, 0.15) is 5.75 Å². The number of pyridine rings is 1. The van der Waals surface area contributed by atoms with E-state index in [0.29, 0.717) is 22.3 Å². The minimum absolute atomic E-state index is 0.165. The van der Waals surface area contributed by atoms with E-state index in [2.05, 4.69) is 4.98 Å². The van der Waals surface area contributed by atoms with E-state index in [1.165, 1.54) is 12.1 Å². The van der Waals surface area contributed by atoms with Crippen molar-refractivity contribution in [2.45, 2.75) is 6.92 Å². The van der Waals surface area contributed by atoms with Crippen molar-refractivity contribution < 1.29 is 14.6 Å². The van der Waals surface area contributed by atoms with Gasteiger partial charge in [0, 0.05) is 11.1 Å². The number of aryl methyl sites for hydroxylation is 1. The Bertz CT molecular complexity index is 581. The molecule has 4 nitrogen and oxygen atoms in total. The summed E-state index contributed by atoms with van der Waals surface area (Å²) in [6, 6.07) is 9.82. The number of carboxylic acid groups (broad SMARTS) is 1. The zero-order chi connectivity index (χ0) is 13.1. The van der Waals surface area contributed by atoms with Gasteiger partial charge in [0.2, 0.25) is 5.88 Å². The number of hydrogen-bond donors (Lipinski definition) is 1. The van der Waals surface area contributed by atoms with E-state index < -0.39 is 5.97 Å². The number of halogens is 1. The molecule has 0 saturated heterocycles. The van der Waals surface area contributed by atoms with Crippen LogP contribution in [0.5, 0.6) is 11.6 Å². The summed E-state index contributed by atoms with van der Waals surface area (Å²) < 4.78 is 5.49. The lowest BCUT2D eigenvalue weighted by Crippen LogP contribution is -2.02. The fourth-order valence-corrected chi connectivity index (χ4v) is 1.57. The molecule has 1 aromatic carbocycles. The van der Waals surface area contributed by atoms with Crippen LogP contribution in [-0.4, -0.2) is 16.1 Å². The van der Waals surface area contributed by atoms with Gasteiger partial charge in [-0.1, -0.05) is 11.6 Å². The van der Waals surface area contributed by atoms with Crippen LogP contribution in [-0.2, 0) is 0 Å². The predicted molar refractivity (Wildman–Crippen MR) is 67.5 cm³/mol.